The Balaban J connectivity index is 1.94. The summed E-state index contributed by atoms with van der Waals surface area (Å²) in [6.07, 6.45) is 10.5. The highest BCUT2D eigenvalue weighted by Gasteiger charge is 2.01. The van der Waals surface area contributed by atoms with Crippen LogP contribution in [0.1, 0.15) is 0 Å². The van der Waals surface area contributed by atoms with E-state index in [1.807, 2.05) is 12.3 Å². The molecule has 0 saturated heterocycles. The Bertz CT molecular complexity index is 500. The van der Waals surface area contributed by atoms with Crippen molar-refractivity contribution in [1.29, 1.82) is 0 Å². The molecule has 0 atom stereocenters. The van der Waals surface area contributed by atoms with Gasteiger partial charge in [-0.15, -0.1) is 18.2 Å². The summed E-state index contributed by atoms with van der Waals surface area (Å²) >= 11 is 1.73. The maximum atomic E-state index is 5.17. The number of nitrogens with one attached hydrogen (secondary N) is 1. The second-order valence-electron chi connectivity index (χ2n) is 3.12. The molecule has 2 aromatic rings. The van der Waals surface area contributed by atoms with Crippen molar-refractivity contribution in [2.24, 2.45) is 0 Å². The number of terminal acetylenes is 1. The first-order chi connectivity index (χ1) is 7.92. The second-order valence-corrected chi connectivity index (χ2v) is 4.23. The number of thioether (sulfide) groups is 1. The molecule has 4 nitrogen and oxygen atoms in total. The molecule has 82 valence electrons. The summed E-state index contributed by atoms with van der Waals surface area (Å²) in [6, 6.07) is 1.93. The molecule has 0 bridgehead atoms. The molecule has 5 heteroatoms. The smallest absolute Gasteiger partial charge is 0.152 e. The van der Waals surface area contributed by atoms with Crippen molar-refractivity contribution in [2.45, 2.75) is 0 Å². The topological polar surface area (TPSA) is 42.2 Å². The average Bonchev–Trinajstić information content (AvgIpc) is 2.77. The predicted octanol–water partition coefficient (Wildman–Crippen LogP) is 1.51. The van der Waals surface area contributed by atoms with Crippen LogP contribution in [0.5, 0.6) is 0 Å². The quantitative estimate of drug-likeness (QED) is 0.627. The van der Waals surface area contributed by atoms with E-state index in [0.29, 0.717) is 0 Å². The molecule has 16 heavy (non-hydrogen) atoms. The van der Waals surface area contributed by atoms with Crippen LogP contribution in [0, 0.1) is 12.3 Å². The molecule has 0 saturated carbocycles. The molecule has 0 radical (unpaired) electrons. The lowest BCUT2D eigenvalue weighted by molar-refractivity contribution is 0.944. The lowest BCUT2D eigenvalue weighted by atomic mass is 10.4. The van der Waals surface area contributed by atoms with Gasteiger partial charge in [0, 0.05) is 24.7 Å². The van der Waals surface area contributed by atoms with Gasteiger partial charge in [0.05, 0.1) is 11.9 Å². The van der Waals surface area contributed by atoms with E-state index in [1.54, 1.807) is 28.7 Å². The lowest BCUT2D eigenvalue weighted by Gasteiger charge is -2.05. The molecule has 0 aromatic carbocycles. The Morgan fingerprint density at radius 3 is 3.31 bits per heavy atom. The van der Waals surface area contributed by atoms with Gasteiger partial charge >= 0.3 is 0 Å². The first-order valence-electron chi connectivity index (χ1n) is 4.95. The minimum atomic E-state index is 0.756. The van der Waals surface area contributed by atoms with Crippen LogP contribution in [0.2, 0.25) is 0 Å². The number of anilines is 1. The summed E-state index contributed by atoms with van der Waals surface area (Å²) in [4.78, 5) is 4.28. The number of fused-ring (bicyclic) bond motifs is 1. The number of nitrogens with zero attached hydrogens (tertiary/aromatic N) is 3. The van der Waals surface area contributed by atoms with Crippen molar-refractivity contribution in [2.75, 3.05) is 23.4 Å². The number of hydrogen-bond acceptors (Lipinski definition) is 4. The first-order valence-corrected chi connectivity index (χ1v) is 6.10. The molecule has 2 aromatic heterocycles. The first kappa shape index (κ1) is 10.8. The molecule has 2 rings (SSSR count). The van der Waals surface area contributed by atoms with Gasteiger partial charge in [-0.25, -0.2) is 9.50 Å². The summed E-state index contributed by atoms with van der Waals surface area (Å²) in [7, 11) is 0. The normalized spacial score (nSPS) is 10.2. The molecule has 0 aliphatic heterocycles. The Labute approximate surface area is 98.5 Å². The van der Waals surface area contributed by atoms with E-state index in [0.717, 1.165) is 29.4 Å². The third-order valence-electron chi connectivity index (χ3n) is 2.05. The Morgan fingerprint density at radius 2 is 2.44 bits per heavy atom. The van der Waals surface area contributed by atoms with Crippen LogP contribution in [0.3, 0.4) is 0 Å². The Morgan fingerprint density at radius 1 is 1.50 bits per heavy atom. The van der Waals surface area contributed by atoms with Crippen molar-refractivity contribution < 1.29 is 0 Å². The maximum absolute atomic E-state index is 5.17. The predicted molar refractivity (Wildman–Crippen MR) is 67.6 cm³/mol. The van der Waals surface area contributed by atoms with Crippen molar-refractivity contribution in [3.8, 4) is 12.3 Å². The van der Waals surface area contributed by atoms with Gasteiger partial charge in [0.1, 0.15) is 5.52 Å². The van der Waals surface area contributed by atoms with Crippen LogP contribution < -0.4 is 5.32 Å². The largest absolute Gasteiger partial charge is 0.367 e. The fraction of sp³-hybridized carbons (Fsp3) is 0.273. The fourth-order valence-corrected chi connectivity index (χ4v) is 1.88. The molecule has 0 amide bonds. The van der Waals surface area contributed by atoms with Crippen LogP contribution in [0.15, 0.2) is 24.7 Å². The van der Waals surface area contributed by atoms with Gasteiger partial charge in [-0.2, -0.15) is 5.10 Å². The Kier molecular flexibility index (Phi) is 3.67. The minimum absolute atomic E-state index is 0.756. The van der Waals surface area contributed by atoms with Gasteiger partial charge in [-0.05, 0) is 6.07 Å². The maximum Gasteiger partial charge on any atom is 0.152 e. The molecule has 0 aliphatic rings. The van der Waals surface area contributed by atoms with Gasteiger partial charge in [0.2, 0.25) is 0 Å². The molecular formula is C11H12N4S. The molecule has 2 heterocycles. The van der Waals surface area contributed by atoms with Crippen molar-refractivity contribution in [3.63, 3.8) is 0 Å². The highest BCUT2D eigenvalue weighted by Crippen LogP contribution is 2.12. The Hall–Kier alpha value is -1.67. The monoisotopic (exact) mass is 232 g/mol. The summed E-state index contributed by atoms with van der Waals surface area (Å²) in [5.41, 5.74) is 0.990. The highest BCUT2D eigenvalue weighted by molar-refractivity contribution is 7.99. The molecule has 0 spiro atoms. The average molecular weight is 232 g/mol. The molecule has 0 fully saturated rings. The zero-order valence-electron chi connectivity index (χ0n) is 8.76. The second kappa shape index (κ2) is 5.42. The summed E-state index contributed by atoms with van der Waals surface area (Å²) in [5, 5.41) is 7.41. The van der Waals surface area contributed by atoms with Gasteiger partial charge < -0.3 is 5.32 Å². The number of aromatic nitrogens is 3. The van der Waals surface area contributed by atoms with E-state index < -0.39 is 0 Å². The zero-order valence-corrected chi connectivity index (χ0v) is 9.57. The summed E-state index contributed by atoms with van der Waals surface area (Å²) in [5.74, 6) is 5.19. The van der Waals surface area contributed by atoms with Crippen LogP contribution in [-0.2, 0) is 0 Å². The summed E-state index contributed by atoms with van der Waals surface area (Å²) in [6.45, 7) is 0.851. The van der Waals surface area contributed by atoms with Crippen LogP contribution in [0.4, 0.5) is 5.82 Å². The van der Waals surface area contributed by atoms with E-state index >= 15 is 0 Å². The van der Waals surface area contributed by atoms with E-state index in [-0.39, 0.29) is 0 Å². The van der Waals surface area contributed by atoms with E-state index in [1.165, 1.54) is 0 Å². The van der Waals surface area contributed by atoms with Crippen molar-refractivity contribution >= 4 is 23.1 Å². The SMILES string of the molecule is C#CCSCCNc1nccn2nccc12. The molecule has 1 N–H and O–H groups in total. The number of hydrogen-bond donors (Lipinski definition) is 1. The standard InChI is InChI=1S/C11H12N4S/c1-2-8-16-9-6-13-11-10-3-4-14-15(10)7-5-12-11/h1,3-5,7H,6,8-9H2,(H,12,13). The van der Waals surface area contributed by atoms with E-state index in [4.69, 9.17) is 6.42 Å². The van der Waals surface area contributed by atoms with Crippen LogP contribution >= 0.6 is 11.8 Å². The third kappa shape index (κ3) is 2.47. The third-order valence-corrected chi connectivity index (χ3v) is 2.91. The van der Waals surface area contributed by atoms with Crippen LogP contribution in [-0.4, -0.2) is 32.6 Å². The number of rotatable bonds is 5. The molecule has 0 unspecified atom stereocenters. The van der Waals surface area contributed by atoms with Crippen molar-refractivity contribution in [3.05, 3.63) is 24.7 Å². The van der Waals surface area contributed by atoms with E-state index in [2.05, 4.69) is 21.3 Å². The van der Waals surface area contributed by atoms with Gasteiger partial charge in [0.15, 0.2) is 5.82 Å². The van der Waals surface area contributed by atoms with Crippen molar-refractivity contribution in [1.82, 2.24) is 14.6 Å². The lowest BCUT2D eigenvalue weighted by Crippen LogP contribution is -2.07. The molecular weight excluding hydrogens is 220 g/mol. The minimum Gasteiger partial charge on any atom is -0.367 e. The van der Waals surface area contributed by atoms with Crippen LogP contribution in [0.25, 0.3) is 5.52 Å². The zero-order chi connectivity index (χ0) is 11.2. The molecule has 0 aliphatic carbocycles. The fourth-order valence-electron chi connectivity index (χ4n) is 1.37. The van der Waals surface area contributed by atoms with Gasteiger partial charge in [-0.1, -0.05) is 5.92 Å². The van der Waals surface area contributed by atoms with Gasteiger partial charge in [0.25, 0.3) is 0 Å². The van der Waals surface area contributed by atoms with Gasteiger partial charge in [-0.3, -0.25) is 0 Å². The highest BCUT2D eigenvalue weighted by atomic mass is 32.2. The van der Waals surface area contributed by atoms with E-state index in [9.17, 15) is 0 Å². The summed E-state index contributed by atoms with van der Waals surface area (Å²) < 4.78 is 1.80.